The SMILES string of the molecule is O=C(N/N=C\C(Br)=C\c1ccccc1)c1ccccc1Cl. The van der Waals surface area contributed by atoms with E-state index in [0.29, 0.717) is 10.6 Å². The molecule has 0 fully saturated rings. The van der Waals surface area contributed by atoms with Gasteiger partial charge >= 0.3 is 0 Å². The van der Waals surface area contributed by atoms with Crippen LogP contribution in [0.1, 0.15) is 15.9 Å². The molecule has 0 spiro atoms. The molecule has 3 nitrogen and oxygen atoms in total. The minimum absolute atomic E-state index is 0.350. The van der Waals surface area contributed by atoms with Crippen LogP contribution < -0.4 is 5.43 Å². The van der Waals surface area contributed by atoms with Crippen LogP contribution in [0.15, 0.2) is 64.2 Å². The molecule has 21 heavy (non-hydrogen) atoms. The molecule has 106 valence electrons. The van der Waals surface area contributed by atoms with E-state index in [1.165, 1.54) is 6.21 Å². The Morgan fingerprint density at radius 1 is 1.10 bits per heavy atom. The van der Waals surface area contributed by atoms with Crippen LogP contribution in [0.3, 0.4) is 0 Å². The molecule has 0 radical (unpaired) electrons. The summed E-state index contributed by atoms with van der Waals surface area (Å²) in [6.07, 6.45) is 3.41. The number of carbonyl (C=O) groups excluding carboxylic acids is 1. The molecule has 0 aliphatic carbocycles. The van der Waals surface area contributed by atoms with Gasteiger partial charge in [0.05, 0.1) is 16.8 Å². The van der Waals surface area contributed by atoms with Gasteiger partial charge in [-0.25, -0.2) is 5.43 Å². The van der Waals surface area contributed by atoms with E-state index in [4.69, 9.17) is 11.6 Å². The Bertz CT molecular complexity index is 684. The molecule has 2 rings (SSSR count). The minimum atomic E-state index is -0.350. The number of hydrogen-bond acceptors (Lipinski definition) is 2. The normalized spacial score (nSPS) is 11.6. The Balaban J connectivity index is 1.98. The predicted octanol–water partition coefficient (Wildman–Crippen LogP) is 4.49. The first kappa shape index (κ1) is 15.5. The second-order valence-corrected chi connectivity index (χ2v) is 5.44. The number of nitrogens with zero attached hydrogens (tertiary/aromatic N) is 1. The summed E-state index contributed by atoms with van der Waals surface area (Å²) in [4.78, 5) is 11.9. The number of hydrogen-bond donors (Lipinski definition) is 1. The molecule has 0 unspecified atom stereocenters. The summed E-state index contributed by atoms with van der Waals surface area (Å²) in [6.45, 7) is 0. The van der Waals surface area contributed by atoms with Crippen LogP contribution >= 0.6 is 27.5 Å². The summed E-state index contributed by atoms with van der Waals surface area (Å²) in [5.74, 6) is -0.350. The lowest BCUT2D eigenvalue weighted by Gasteiger charge is -2.01. The van der Waals surface area contributed by atoms with Gasteiger partial charge in [0.2, 0.25) is 0 Å². The highest BCUT2D eigenvalue weighted by Gasteiger charge is 2.07. The number of rotatable bonds is 4. The molecule has 2 aromatic rings. The second kappa shape index (κ2) is 7.76. The van der Waals surface area contributed by atoms with E-state index in [0.717, 1.165) is 10.0 Å². The zero-order valence-corrected chi connectivity index (χ0v) is 13.3. The lowest BCUT2D eigenvalue weighted by Crippen LogP contribution is -2.17. The molecule has 0 bridgehead atoms. The lowest BCUT2D eigenvalue weighted by atomic mass is 10.2. The van der Waals surface area contributed by atoms with Gasteiger partial charge in [-0.1, -0.05) is 54.1 Å². The Morgan fingerprint density at radius 3 is 2.48 bits per heavy atom. The van der Waals surface area contributed by atoms with Crippen LogP contribution in [0.4, 0.5) is 0 Å². The first-order valence-corrected chi connectivity index (χ1v) is 7.34. The average molecular weight is 364 g/mol. The summed E-state index contributed by atoms with van der Waals surface area (Å²) in [5, 5.41) is 4.28. The summed E-state index contributed by atoms with van der Waals surface area (Å²) >= 11 is 9.30. The second-order valence-electron chi connectivity index (χ2n) is 4.12. The minimum Gasteiger partial charge on any atom is -0.267 e. The van der Waals surface area contributed by atoms with Crippen LogP contribution in [0, 0.1) is 0 Å². The number of nitrogens with one attached hydrogen (secondary N) is 1. The van der Waals surface area contributed by atoms with Crippen molar-refractivity contribution in [1.29, 1.82) is 0 Å². The highest BCUT2D eigenvalue weighted by atomic mass is 79.9. The Labute approximate surface area is 136 Å². The number of hydrazone groups is 1. The monoisotopic (exact) mass is 362 g/mol. The molecule has 0 saturated heterocycles. The van der Waals surface area contributed by atoms with Crippen LogP contribution in [-0.4, -0.2) is 12.1 Å². The van der Waals surface area contributed by atoms with Gasteiger partial charge in [-0.2, -0.15) is 5.10 Å². The molecule has 1 N–H and O–H groups in total. The van der Waals surface area contributed by atoms with E-state index in [-0.39, 0.29) is 5.91 Å². The molecule has 5 heteroatoms. The van der Waals surface area contributed by atoms with Crippen molar-refractivity contribution in [1.82, 2.24) is 5.43 Å². The first-order valence-electron chi connectivity index (χ1n) is 6.17. The van der Waals surface area contributed by atoms with Crippen molar-refractivity contribution in [3.05, 3.63) is 75.2 Å². The summed E-state index contributed by atoms with van der Waals surface area (Å²) in [5.41, 5.74) is 3.86. The average Bonchev–Trinajstić information content (AvgIpc) is 2.48. The van der Waals surface area contributed by atoms with E-state index >= 15 is 0 Å². The van der Waals surface area contributed by atoms with Gasteiger partial charge in [0.1, 0.15) is 0 Å². The predicted molar refractivity (Wildman–Crippen MR) is 90.8 cm³/mol. The van der Waals surface area contributed by atoms with Gasteiger partial charge in [-0.05, 0) is 39.7 Å². The van der Waals surface area contributed by atoms with Crippen molar-refractivity contribution in [2.24, 2.45) is 5.10 Å². The quantitative estimate of drug-likeness (QED) is 0.631. The molecular weight excluding hydrogens is 352 g/mol. The van der Waals surface area contributed by atoms with E-state index in [9.17, 15) is 4.79 Å². The first-order chi connectivity index (χ1) is 10.2. The molecule has 0 aromatic heterocycles. The van der Waals surface area contributed by atoms with Gasteiger partial charge in [0.15, 0.2) is 0 Å². The van der Waals surface area contributed by atoms with Crippen molar-refractivity contribution in [2.75, 3.05) is 0 Å². The third kappa shape index (κ3) is 4.85. The third-order valence-corrected chi connectivity index (χ3v) is 3.34. The van der Waals surface area contributed by atoms with Crippen molar-refractivity contribution in [3.63, 3.8) is 0 Å². The zero-order valence-electron chi connectivity index (χ0n) is 11.0. The Morgan fingerprint density at radius 2 is 1.76 bits per heavy atom. The Hall–Kier alpha value is -1.91. The topological polar surface area (TPSA) is 41.5 Å². The largest absolute Gasteiger partial charge is 0.272 e. The van der Waals surface area contributed by atoms with Gasteiger partial charge < -0.3 is 0 Å². The van der Waals surface area contributed by atoms with Crippen molar-refractivity contribution >= 4 is 45.7 Å². The molecule has 0 aliphatic rings. The van der Waals surface area contributed by atoms with E-state index < -0.39 is 0 Å². The third-order valence-electron chi connectivity index (χ3n) is 2.58. The van der Waals surface area contributed by atoms with Crippen LogP contribution in [0.5, 0.6) is 0 Å². The number of halogens is 2. The van der Waals surface area contributed by atoms with Crippen LogP contribution in [0.25, 0.3) is 6.08 Å². The van der Waals surface area contributed by atoms with Crippen LogP contribution in [0.2, 0.25) is 5.02 Å². The molecule has 2 aromatic carbocycles. The van der Waals surface area contributed by atoms with Crippen molar-refractivity contribution < 1.29 is 4.79 Å². The highest BCUT2D eigenvalue weighted by molar-refractivity contribution is 9.12. The van der Waals surface area contributed by atoms with Gasteiger partial charge in [-0.3, -0.25) is 4.79 Å². The number of amides is 1. The van der Waals surface area contributed by atoms with Crippen LogP contribution in [-0.2, 0) is 0 Å². The van der Waals surface area contributed by atoms with E-state index in [1.54, 1.807) is 24.3 Å². The zero-order chi connectivity index (χ0) is 15.1. The lowest BCUT2D eigenvalue weighted by molar-refractivity contribution is 0.0955. The fourth-order valence-corrected chi connectivity index (χ4v) is 2.19. The van der Waals surface area contributed by atoms with E-state index in [2.05, 4.69) is 26.5 Å². The maximum atomic E-state index is 11.9. The van der Waals surface area contributed by atoms with Crippen molar-refractivity contribution in [3.8, 4) is 0 Å². The summed E-state index contributed by atoms with van der Waals surface area (Å²) in [6, 6.07) is 16.6. The molecular formula is C16H12BrClN2O. The standard InChI is InChI=1S/C16H12BrClN2O/c17-13(10-12-6-2-1-3-7-12)11-19-20-16(21)14-8-4-5-9-15(14)18/h1-11H,(H,20,21)/b13-10-,19-11-. The molecule has 0 atom stereocenters. The van der Waals surface area contributed by atoms with Gasteiger partial charge in [-0.15, -0.1) is 0 Å². The number of benzene rings is 2. The smallest absolute Gasteiger partial charge is 0.267 e. The molecule has 0 aliphatic heterocycles. The van der Waals surface area contributed by atoms with Crippen molar-refractivity contribution in [2.45, 2.75) is 0 Å². The van der Waals surface area contributed by atoms with Gasteiger partial charge in [0, 0.05) is 4.48 Å². The van der Waals surface area contributed by atoms with E-state index in [1.807, 2.05) is 36.4 Å². The Kier molecular flexibility index (Phi) is 5.72. The number of allylic oxidation sites excluding steroid dienone is 1. The molecule has 1 amide bonds. The maximum Gasteiger partial charge on any atom is 0.272 e. The molecule has 0 heterocycles. The summed E-state index contributed by atoms with van der Waals surface area (Å²) in [7, 11) is 0. The fraction of sp³-hybridized carbons (Fsp3) is 0. The van der Waals surface area contributed by atoms with Gasteiger partial charge in [0.25, 0.3) is 5.91 Å². The highest BCUT2D eigenvalue weighted by Crippen LogP contribution is 2.14. The maximum absolute atomic E-state index is 11.9. The summed E-state index contributed by atoms with van der Waals surface area (Å²) < 4.78 is 0.744. The number of carbonyl (C=O) groups is 1. The molecule has 0 saturated carbocycles. The fourth-order valence-electron chi connectivity index (χ4n) is 1.60.